The summed E-state index contributed by atoms with van der Waals surface area (Å²) in [6.45, 7) is 0. The molecule has 4 aromatic rings. The predicted octanol–water partition coefficient (Wildman–Crippen LogP) is 5.71. The van der Waals surface area contributed by atoms with Gasteiger partial charge in [0.25, 0.3) is 0 Å². The van der Waals surface area contributed by atoms with Gasteiger partial charge in [-0.2, -0.15) is 0 Å². The van der Waals surface area contributed by atoms with Crippen LogP contribution in [0.2, 0.25) is 0 Å². The summed E-state index contributed by atoms with van der Waals surface area (Å²) in [6, 6.07) is 20.5. The molecule has 0 saturated carbocycles. The first-order valence-corrected chi connectivity index (χ1v) is 7.75. The van der Waals surface area contributed by atoms with Crippen molar-refractivity contribution in [1.82, 2.24) is 9.97 Å². The zero-order chi connectivity index (χ0) is 14.9. The van der Waals surface area contributed by atoms with Crippen molar-refractivity contribution in [2.24, 2.45) is 0 Å². The number of halogens is 2. The fraction of sp³-hybridized carbons (Fsp3) is 0. The normalized spacial score (nSPS) is 10.5. The van der Waals surface area contributed by atoms with Gasteiger partial charge >= 0.3 is 0 Å². The molecule has 114 valence electrons. The average Bonchev–Trinajstić information content (AvgIpc) is 2.53. The molecular weight excluding hydrogens is 374 g/mol. The van der Waals surface area contributed by atoms with Gasteiger partial charge < -0.3 is 5.32 Å². The molecule has 1 heterocycles. The van der Waals surface area contributed by atoms with Crippen LogP contribution in [0.5, 0.6) is 0 Å². The maximum Gasteiger partial charge on any atom is 0.141 e. The maximum atomic E-state index is 4.40. The molecule has 0 spiro atoms. The van der Waals surface area contributed by atoms with Crippen LogP contribution < -0.4 is 5.32 Å². The SMILES string of the molecule is Brc1cccc(Nc2ncnc3cc4ccccc4cc23)c1.Cl. The number of nitrogens with zero attached hydrogens (tertiary/aromatic N) is 2. The van der Waals surface area contributed by atoms with E-state index in [4.69, 9.17) is 0 Å². The fourth-order valence-corrected chi connectivity index (χ4v) is 2.94. The van der Waals surface area contributed by atoms with Gasteiger partial charge in [-0.15, -0.1) is 12.4 Å². The minimum atomic E-state index is 0. The molecule has 0 atom stereocenters. The first kappa shape index (κ1) is 15.7. The van der Waals surface area contributed by atoms with E-state index in [9.17, 15) is 0 Å². The lowest BCUT2D eigenvalue weighted by Gasteiger charge is -2.09. The number of hydrogen-bond donors (Lipinski definition) is 1. The second-order valence-corrected chi connectivity index (χ2v) is 5.99. The Kier molecular flexibility index (Phi) is 4.46. The van der Waals surface area contributed by atoms with Crippen LogP contribution in [0.4, 0.5) is 11.5 Å². The second kappa shape index (κ2) is 6.52. The van der Waals surface area contributed by atoms with E-state index in [1.165, 1.54) is 10.8 Å². The first-order chi connectivity index (χ1) is 10.8. The van der Waals surface area contributed by atoms with E-state index in [1.54, 1.807) is 6.33 Å². The number of anilines is 2. The van der Waals surface area contributed by atoms with E-state index < -0.39 is 0 Å². The van der Waals surface area contributed by atoms with E-state index in [2.05, 4.69) is 55.5 Å². The second-order valence-electron chi connectivity index (χ2n) is 5.07. The molecule has 5 heteroatoms. The smallest absolute Gasteiger partial charge is 0.141 e. The summed E-state index contributed by atoms with van der Waals surface area (Å²) < 4.78 is 1.03. The Morgan fingerprint density at radius 2 is 1.61 bits per heavy atom. The Balaban J connectivity index is 0.00000156. The van der Waals surface area contributed by atoms with E-state index >= 15 is 0 Å². The van der Waals surface area contributed by atoms with Gasteiger partial charge in [0.1, 0.15) is 12.1 Å². The quantitative estimate of drug-likeness (QED) is 0.448. The van der Waals surface area contributed by atoms with Gasteiger partial charge in [-0.25, -0.2) is 9.97 Å². The molecule has 0 saturated heterocycles. The highest BCUT2D eigenvalue weighted by Gasteiger charge is 2.06. The molecule has 3 nitrogen and oxygen atoms in total. The van der Waals surface area contributed by atoms with Crippen LogP contribution in [0.25, 0.3) is 21.7 Å². The van der Waals surface area contributed by atoms with Gasteiger partial charge in [-0.1, -0.05) is 46.3 Å². The van der Waals surface area contributed by atoms with Crippen molar-refractivity contribution >= 4 is 61.5 Å². The van der Waals surface area contributed by atoms with Crippen molar-refractivity contribution in [2.45, 2.75) is 0 Å². The molecule has 0 aliphatic heterocycles. The average molecular weight is 387 g/mol. The molecule has 0 aliphatic carbocycles. The van der Waals surface area contributed by atoms with E-state index in [1.807, 2.05) is 36.4 Å². The van der Waals surface area contributed by atoms with Gasteiger partial charge in [0.15, 0.2) is 0 Å². The summed E-state index contributed by atoms with van der Waals surface area (Å²) in [5, 5.41) is 6.75. The van der Waals surface area contributed by atoms with Crippen molar-refractivity contribution < 1.29 is 0 Å². The number of rotatable bonds is 2. The zero-order valence-corrected chi connectivity index (χ0v) is 14.4. The summed E-state index contributed by atoms with van der Waals surface area (Å²) in [4.78, 5) is 8.79. The van der Waals surface area contributed by atoms with Crippen LogP contribution in [0.1, 0.15) is 0 Å². The number of aromatic nitrogens is 2. The van der Waals surface area contributed by atoms with Crippen LogP contribution in [-0.2, 0) is 0 Å². The maximum absolute atomic E-state index is 4.40. The predicted molar refractivity (Wildman–Crippen MR) is 102 cm³/mol. The summed E-state index contributed by atoms with van der Waals surface area (Å²) in [6.07, 6.45) is 1.59. The minimum Gasteiger partial charge on any atom is -0.340 e. The third kappa shape index (κ3) is 3.14. The largest absolute Gasteiger partial charge is 0.340 e. The first-order valence-electron chi connectivity index (χ1n) is 6.96. The lowest BCUT2D eigenvalue weighted by atomic mass is 10.1. The Bertz CT molecular complexity index is 988. The summed E-state index contributed by atoms with van der Waals surface area (Å²) in [5.74, 6) is 0.814. The molecular formula is C18H13BrClN3. The molecule has 0 bridgehead atoms. The van der Waals surface area contributed by atoms with Crippen molar-refractivity contribution in [1.29, 1.82) is 0 Å². The van der Waals surface area contributed by atoms with Crippen molar-refractivity contribution in [2.75, 3.05) is 5.32 Å². The molecule has 23 heavy (non-hydrogen) atoms. The molecule has 4 rings (SSSR count). The summed E-state index contributed by atoms with van der Waals surface area (Å²) >= 11 is 3.49. The Morgan fingerprint density at radius 3 is 2.39 bits per heavy atom. The van der Waals surface area contributed by atoms with Crippen LogP contribution in [-0.4, -0.2) is 9.97 Å². The minimum absolute atomic E-state index is 0. The molecule has 0 fully saturated rings. The van der Waals surface area contributed by atoms with E-state index in [-0.39, 0.29) is 12.4 Å². The standard InChI is InChI=1S/C18H12BrN3.ClH/c19-14-6-3-7-15(10-14)22-18-16-8-12-4-1-2-5-13(12)9-17(16)20-11-21-18;/h1-11H,(H,20,21,22);1H. The van der Waals surface area contributed by atoms with Gasteiger partial charge in [-0.05, 0) is 41.1 Å². The monoisotopic (exact) mass is 385 g/mol. The highest BCUT2D eigenvalue weighted by atomic mass is 79.9. The number of hydrogen-bond acceptors (Lipinski definition) is 3. The van der Waals surface area contributed by atoms with Crippen LogP contribution in [0, 0.1) is 0 Å². The van der Waals surface area contributed by atoms with E-state index in [0.29, 0.717) is 0 Å². The Morgan fingerprint density at radius 1 is 0.826 bits per heavy atom. The summed E-state index contributed by atoms with van der Waals surface area (Å²) in [5.41, 5.74) is 1.92. The van der Waals surface area contributed by atoms with Crippen molar-refractivity contribution in [3.05, 3.63) is 71.5 Å². The highest BCUT2D eigenvalue weighted by Crippen LogP contribution is 2.28. The molecule has 1 N–H and O–H groups in total. The molecule has 0 unspecified atom stereocenters. The molecule has 0 aliphatic rings. The lowest BCUT2D eigenvalue weighted by Crippen LogP contribution is -1.96. The fourth-order valence-electron chi connectivity index (χ4n) is 2.55. The lowest BCUT2D eigenvalue weighted by molar-refractivity contribution is 1.22. The van der Waals surface area contributed by atoms with Crippen LogP contribution >= 0.6 is 28.3 Å². The molecule has 0 amide bonds. The Hall–Kier alpha value is -2.17. The molecule has 3 aromatic carbocycles. The highest BCUT2D eigenvalue weighted by molar-refractivity contribution is 9.10. The third-order valence-electron chi connectivity index (χ3n) is 3.59. The molecule has 0 radical (unpaired) electrons. The summed E-state index contributed by atoms with van der Waals surface area (Å²) in [7, 11) is 0. The van der Waals surface area contributed by atoms with Crippen molar-refractivity contribution in [3.63, 3.8) is 0 Å². The third-order valence-corrected chi connectivity index (χ3v) is 4.08. The number of fused-ring (bicyclic) bond motifs is 2. The number of benzene rings is 3. The van der Waals surface area contributed by atoms with Gasteiger partial charge in [0.2, 0.25) is 0 Å². The van der Waals surface area contributed by atoms with Gasteiger partial charge in [0.05, 0.1) is 5.52 Å². The van der Waals surface area contributed by atoms with Gasteiger partial charge in [-0.3, -0.25) is 0 Å². The molecule has 1 aromatic heterocycles. The van der Waals surface area contributed by atoms with Crippen LogP contribution in [0.15, 0.2) is 71.5 Å². The number of nitrogens with one attached hydrogen (secondary N) is 1. The zero-order valence-electron chi connectivity index (χ0n) is 12.0. The van der Waals surface area contributed by atoms with Crippen LogP contribution in [0.3, 0.4) is 0 Å². The van der Waals surface area contributed by atoms with Gasteiger partial charge in [0, 0.05) is 15.5 Å². The topological polar surface area (TPSA) is 37.8 Å². The van der Waals surface area contributed by atoms with E-state index in [0.717, 1.165) is 26.9 Å². The Labute approximate surface area is 148 Å². The van der Waals surface area contributed by atoms with Crippen molar-refractivity contribution in [3.8, 4) is 0 Å².